The number of hydrogen-bond acceptors (Lipinski definition) is 3. The summed E-state index contributed by atoms with van der Waals surface area (Å²) in [5, 5.41) is 4.34. The first-order valence-electron chi connectivity index (χ1n) is 10.5. The van der Waals surface area contributed by atoms with Gasteiger partial charge in [0.25, 0.3) is 0 Å². The number of aromatic nitrogens is 2. The Morgan fingerprint density at radius 1 is 0.781 bits per heavy atom. The lowest BCUT2D eigenvalue weighted by Crippen LogP contribution is -2.33. The standard InChI is InChI=1S/C27H21N3O2/c31-25(29-26(19-10-2-1-3-11-19)22-14-8-9-17-28-22)18-30-23-15-6-4-12-20(23)27(32)21-13-5-7-16-24(21)30/h1-17,26H,18H2,(H,29,31)/t26-/m1/s1. The number of nitrogens with zero attached hydrogens (tertiary/aromatic N) is 2. The topological polar surface area (TPSA) is 64.0 Å². The van der Waals surface area contributed by atoms with Crippen molar-refractivity contribution in [1.29, 1.82) is 0 Å². The van der Waals surface area contributed by atoms with Crippen LogP contribution in [0, 0.1) is 0 Å². The predicted octanol–water partition coefficient (Wildman–Crippen LogP) is 4.46. The number of pyridine rings is 2. The molecule has 0 aliphatic rings. The van der Waals surface area contributed by atoms with E-state index in [0.717, 1.165) is 22.3 Å². The molecule has 1 amide bonds. The fourth-order valence-electron chi connectivity index (χ4n) is 4.12. The van der Waals surface area contributed by atoms with Crippen molar-refractivity contribution in [2.75, 3.05) is 0 Å². The molecule has 0 spiro atoms. The van der Waals surface area contributed by atoms with E-state index >= 15 is 0 Å². The van der Waals surface area contributed by atoms with Crippen LogP contribution in [-0.4, -0.2) is 15.5 Å². The maximum absolute atomic E-state index is 13.3. The molecule has 5 heteroatoms. The van der Waals surface area contributed by atoms with Crippen molar-refractivity contribution in [2.24, 2.45) is 0 Å². The van der Waals surface area contributed by atoms with Gasteiger partial charge in [-0.1, -0.05) is 60.7 Å². The van der Waals surface area contributed by atoms with Crippen LogP contribution in [0.2, 0.25) is 0 Å². The zero-order valence-electron chi connectivity index (χ0n) is 17.3. The van der Waals surface area contributed by atoms with E-state index < -0.39 is 0 Å². The summed E-state index contributed by atoms with van der Waals surface area (Å²) in [5.74, 6) is -0.163. The molecule has 0 aliphatic heterocycles. The molecule has 5 aromatic rings. The smallest absolute Gasteiger partial charge is 0.240 e. The van der Waals surface area contributed by atoms with Crippen molar-refractivity contribution in [3.8, 4) is 0 Å². The van der Waals surface area contributed by atoms with E-state index in [-0.39, 0.29) is 23.9 Å². The number of carbonyl (C=O) groups excluding carboxylic acids is 1. The largest absolute Gasteiger partial charge is 0.342 e. The number of fused-ring (bicyclic) bond motifs is 2. The Morgan fingerprint density at radius 3 is 2.00 bits per heavy atom. The first-order valence-corrected chi connectivity index (χ1v) is 10.5. The number of benzene rings is 3. The van der Waals surface area contributed by atoms with Gasteiger partial charge in [0.05, 0.1) is 22.8 Å². The van der Waals surface area contributed by atoms with Crippen molar-refractivity contribution in [1.82, 2.24) is 14.9 Å². The summed E-state index contributed by atoms with van der Waals surface area (Å²) < 4.78 is 1.90. The monoisotopic (exact) mass is 419 g/mol. The predicted molar refractivity (Wildman–Crippen MR) is 126 cm³/mol. The fraction of sp³-hybridized carbons (Fsp3) is 0.0741. The van der Waals surface area contributed by atoms with E-state index in [1.54, 1.807) is 18.3 Å². The lowest BCUT2D eigenvalue weighted by molar-refractivity contribution is -0.122. The number of para-hydroxylation sites is 2. The van der Waals surface area contributed by atoms with Gasteiger partial charge in [0.2, 0.25) is 5.91 Å². The molecular weight excluding hydrogens is 398 g/mol. The van der Waals surface area contributed by atoms with Crippen LogP contribution in [0.25, 0.3) is 21.8 Å². The Morgan fingerprint density at radius 2 is 1.38 bits per heavy atom. The quantitative estimate of drug-likeness (QED) is 0.428. The number of carbonyl (C=O) groups is 1. The molecule has 0 radical (unpaired) electrons. The molecule has 3 aromatic carbocycles. The molecule has 0 fully saturated rings. The Labute approximate surface area is 185 Å². The first kappa shape index (κ1) is 19.7. The average Bonchev–Trinajstić information content (AvgIpc) is 2.86. The minimum Gasteiger partial charge on any atom is -0.342 e. The average molecular weight is 419 g/mol. The van der Waals surface area contributed by atoms with E-state index in [1.807, 2.05) is 89.5 Å². The normalized spacial score (nSPS) is 12.0. The Bertz CT molecular complexity index is 1360. The van der Waals surface area contributed by atoms with Gasteiger partial charge in [-0.05, 0) is 42.0 Å². The number of nitrogens with one attached hydrogen (secondary N) is 1. The molecule has 1 atom stereocenters. The Hall–Kier alpha value is -4.25. The molecule has 0 unspecified atom stereocenters. The van der Waals surface area contributed by atoms with Gasteiger partial charge in [-0.15, -0.1) is 0 Å². The molecule has 0 saturated heterocycles. The highest BCUT2D eigenvalue weighted by Crippen LogP contribution is 2.22. The van der Waals surface area contributed by atoms with E-state index in [9.17, 15) is 9.59 Å². The van der Waals surface area contributed by atoms with Gasteiger partial charge in [-0.2, -0.15) is 0 Å². The maximum Gasteiger partial charge on any atom is 0.240 e. The van der Waals surface area contributed by atoms with Crippen molar-refractivity contribution in [3.63, 3.8) is 0 Å². The van der Waals surface area contributed by atoms with E-state index in [4.69, 9.17) is 0 Å². The Balaban J connectivity index is 1.56. The molecule has 32 heavy (non-hydrogen) atoms. The molecule has 0 saturated carbocycles. The number of hydrogen-bond donors (Lipinski definition) is 1. The van der Waals surface area contributed by atoms with Crippen molar-refractivity contribution in [3.05, 3.63) is 125 Å². The second-order valence-electron chi connectivity index (χ2n) is 7.62. The highest BCUT2D eigenvalue weighted by molar-refractivity contribution is 5.94. The molecular formula is C27H21N3O2. The van der Waals surface area contributed by atoms with Crippen molar-refractivity contribution >= 4 is 27.7 Å². The molecule has 5 rings (SSSR count). The van der Waals surface area contributed by atoms with Crippen LogP contribution in [0.15, 0.2) is 108 Å². The summed E-state index contributed by atoms with van der Waals surface area (Å²) in [4.78, 5) is 30.7. The van der Waals surface area contributed by atoms with Crippen LogP contribution in [0.5, 0.6) is 0 Å². The van der Waals surface area contributed by atoms with Gasteiger partial charge in [0.1, 0.15) is 6.54 Å². The fourth-order valence-corrected chi connectivity index (χ4v) is 4.12. The van der Waals surface area contributed by atoms with Crippen molar-refractivity contribution < 1.29 is 4.79 Å². The molecule has 156 valence electrons. The summed E-state index contributed by atoms with van der Waals surface area (Å²) in [6.45, 7) is 0.0808. The zero-order chi connectivity index (χ0) is 21.9. The van der Waals surface area contributed by atoms with Crippen LogP contribution in [0.3, 0.4) is 0 Å². The summed E-state index contributed by atoms with van der Waals surface area (Å²) in [5.41, 5.74) is 3.17. The third-order valence-electron chi connectivity index (χ3n) is 5.60. The summed E-state index contributed by atoms with van der Waals surface area (Å²) in [6.07, 6.45) is 1.72. The second kappa shape index (κ2) is 8.47. The lowest BCUT2D eigenvalue weighted by atomic mass is 10.0. The SMILES string of the molecule is O=C(Cn1c2ccccc2c(=O)c2ccccc21)N[C@H](c1ccccc1)c1ccccn1. The third-order valence-corrected chi connectivity index (χ3v) is 5.60. The van der Waals surface area contributed by atoms with Crippen LogP contribution < -0.4 is 10.7 Å². The van der Waals surface area contributed by atoms with Gasteiger partial charge < -0.3 is 9.88 Å². The summed E-state index contributed by atoms with van der Waals surface area (Å²) >= 11 is 0. The molecule has 0 bridgehead atoms. The van der Waals surface area contributed by atoms with Crippen LogP contribution >= 0.6 is 0 Å². The van der Waals surface area contributed by atoms with E-state index in [1.165, 1.54) is 0 Å². The van der Waals surface area contributed by atoms with Crippen LogP contribution in [0.4, 0.5) is 0 Å². The lowest BCUT2D eigenvalue weighted by Gasteiger charge is -2.20. The van der Waals surface area contributed by atoms with Gasteiger partial charge in [-0.25, -0.2) is 0 Å². The second-order valence-corrected chi connectivity index (χ2v) is 7.62. The van der Waals surface area contributed by atoms with Crippen LogP contribution in [-0.2, 0) is 11.3 Å². The number of amides is 1. The minimum absolute atomic E-state index is 0.0245. The van der Waals surface area contributed by atoms with Gasteiger partial charge in [0, 0.05) is 17.0 Å². The van der Waals surface area contributed by atoms with E-state index in [2.05, 4.69) is 10.3 Å². The zero-order valence-corrected chi connectivity index (χ0v) is 17.3. The number of rotatable bonds is 5. The minimum atomic E-state index is -0.373. The molecule has 2 heterocycles. The molecule has 1 N–H and O–H groups in total. The molecule has 0 aliphatic carbocycles. The molecule has 5 nitrogen and oxygen atoms in total. The van der Waals surface area contributed by atoms with Crippen LogP contribution in [0.1, 0.15) is 17.3 Å². The maximum atomic E-state index is 13.3. The molecule has 2 aromatic heterocycles. The Kier molecular flexibility index (Phi) is 5.22. The van der Waals surface area contributed by atoms with E-state index in [0.29, 0.717) is 10.8 Å². The van der Waals surface area contributed by atoms with Gasteiger partial charge in [-0.3, -0.25) is 14.6 Å². The summed E-state index contributed by atoms with van der Waals surface area (Å²) in [7, 11) is 0. The summed E-state index contributed by atoms with van der Waals surface area (Å²) in [6, 6.07) is 29.9. The highest BCUT2D eigenvalue weighted by atomic mass is 16.2. The van der Waals surface area contributed by atoms with Crippen molar-refractivity contribution in [2.45, 2.75) is 12.6 Å². The van der Waals surface area contributed by atoms with Gasteiger partial charge in [0.15, 0.2) is 5.43 Å². The highest BCUT2D eigenvalue weighted by Gasteiger charge is 2.19. The third kappa shape index (κ3) is 3.65. The van der Waals surface area contributed by atoms with Gasteiger partial charge >= 0.3 is 0 Å². The first-order chi connectivity index (χ1) is 15.7.